The number of hydroxylamine groups is 2. The van der Waals surface area contributed by atoms with Gasteiger partial charge in [0.2, 0.25) is 5.91 Å². The number of nitrogens with one attached hydrogen (secondary N) is 1. The third kappa shape index (κ3) is 3.27. The van der Waals surface area contributed by atoms with E-state index in [2.05, 4.69) is 5.32 Å². The minimum absolute atomic E-state index is 0.0657. The predicted octanol–water partition coefficient (Wildman–Crippen LogP) is 1.67. The monoisotopic (exact) mass is 330 g/mol. The second-order valence-electron chi connectivity index (χ2n) is 5.33. The first-order chi connectivity index (χ1) is 11.6. The van der Waals surface area contributed by atoms with Gasteiger partial charge in [0.05, 0.1) is 12.2 Å². The molecule has 6 nitrogen and oxygen atoms in total. The zero-order valence-corrected chi connectivity index (χ0v) is 12.6. The van der Waals surface area contributed by atoms with E-state index in [0.29, 0.717) is 0 Å². The van der Waals surface area contributed by atoms with Crippen LogP contribution in [-0.2, 0) is 21.0 Å². The Morgan fingerprint density at radius 1 is 1.17 bits per heavy atom. The third-order valence-corrected chi connectivity index (χ3v) is 3.65. The van der Waals surface area contributed by atoms with Crippen LogP contribution < -0.4 is 5.32 Å². The molecule has 1 aliphatic rings. The van der Waals surface area contributed by atoms with E-state index in [9.17, 15) is 19.1 Å². The van der Waals surface area contributed by atoms with E-state index >= 15 is 0 Å². The number of aliphatic hydroxyl groups is 1. The molecule has 2 atom stereocenters. The molecule has 2 N–H and O–H groups in total. The van der Waals surface area contributed by atoms with Gasteiger partial charge in [0.1, 0.15) is 5.82 Å². The zero-order chi connectivity index (χ0) is 17.1. The van der Waals surface area contributed by atoms with Gasteiger partial charge in [0.25, 0.3) is 0 Å². The highest BCUT2D eigenvalue weighted by atomic mass is 19.1. The van der Waals surface area contributed by atoms with Gasteiger partial charge in [0.15, 0.2) is 12.1 Å². The fourth-order valence-electron chi connectivity index (χ4n) is 2.42. The van der Waals surface area contributed by atoms with Gasteiger partial charge >= 0.3 is 5.97 Å². The zero-order valence-electron chi connectivity index (χ0n) is 12.6. The van der Waals surface area contributed by atoms with Crippen LogP contribution in [0.3, 0.4) is 0 Å². The molecular formula is C17H15FN2O4. The molecule has 1 saturated heterocycles. The number of carbonyl (C=O) groups is 2. The number of benzene rings is 2. The van der Waals surface area contributed by atoms with Crippen molar-refractivity contribution in [3.63, 3.8) is 0 Å². The molecule has 2 unspecified atom stereocenters. The number of hydrogen-bond donors (Lipinski definition) is 2. The smallest absolute Gasteiger partial charge is 0.341 e. The van der Waals surface area contributed by atoms with Crippen molar-refractivity contribution in [3.05, 3.63) is 66.0 Å². The Morgan fingerprint density at radius 3 is 2.54 bits per heavy atom. The number of halogens is 1. The molecule has 3 rings (SSSR count). The molecule has 2 aromatic rings. The van der Waals surface area contributed by atoms with Gasteiger partial charge in [0, 0.05) is 0 Å². The molecular weight excluding hydrogens is 315 g/mol. The van der Waals surface area contributed by atoms with Crippen LogP contribution in [-0.4, -0.2) is 28.3 Å². The Morgan fingerprint density at radius 2 is 1.83 bits per heavy atom. The molecule has 0 aromatic heterocycles. The highest BCUT2D eigenvalue weighted by molar-refractivity contribution is 6.05. The third-order valence-electron chi connectivity index (χ3n) is 3.65. The Kier molecular flexibility index (Phi) is 4.54. The lowest BCUT2D eigenvalue weighted by atomic mass is 10.1. The first-order valence-corrected chi connectivity index (χ1v) is 7.32. The first kappa shape index (κ1) is 16.1. The van der Waals surface area contributed by atoms with Crippen LogP contribution >= 0.6 is 0 Å². The molecule has 2 aromatic carbocycles. The van der Waals surface area contributed by atoms with Crippen LogP contribution in [0.15, 0.2) is 54.6 Å². The Bertz CT molecular complexity index is 753. The summed E-state index contributed by atoms with van der Waals surface area (Å²) < 4.78 is 13.6. The lowest BCUT2D eigenvalue weighted by Gasteiger charge is -2.18. The second-order valence-corrected chi connectivity index (χ2v) is 5.33. The summed E-state index contributed by atoms with van der Waals surface area (Å²) in [7, 11) is 0. The number of hydrogen-bond acceptors (Lipinski definition) is 5. The molecule has 0 radical (unpaired) electrons. The molecule has 0 saturated carbocycles. The Balaban J connectivity index is 1.71. The number of amides is 1. The van der Waals surface area contributed by atoms with Crippen LogP contribution in [0.25, 0.3) is 0 Å². The molecule has 7 heteroatoms. The number of nitrogens with zero attached hydrogens (tertiary/aromatic N) is 1. The van der Waals surface area contributed by atoms with Gasteiger partial charge in [-0.15, -0.1) is 5.06 Å². The largest absolute Gasteiger partial charge is 0.374 e. The van der Waals surface area contributed by atoms with Crippen LogP contribution in [0.4, 0.5) is 10.1 Å². The van der Waals surface area contributed by atoms with Crippen molar-refractivity contribution in [2.24, 2.45) is 5.92 Å². The van der Waals surface area contributed by atoms with E-state index in [0.717, 1.165) is 10.6 Å². The van der Waals surface area contributed by atoms with Crippen molar-refractivity contribution in [3.8, 4) is 0 Å². The van der Waals surface area contributed by atoms with Gasteiger partial charge in [-0.1, -0.05) is 42.5 Å². The molecule has 1 aliphatic heterocycles. The van der Waals surface area contributed by atoms with E-state index < -0.39 is 29.8 Å². The second kappa shape index (κ2) is 6.77. The normalized spacial score (nSPS) is 20.7. The van der Waals surface area contributed by atoms with Crippen molar-refractivity contribution in [2.75, 3.05) is 5.32 Å². The van der Waals surface area contributed by atoms with Crippen molar-refractivity contribution in [2.45, 2.75) is 12.8 Å². The summed E-state index contributed by atoms with van der Waals surface area (Å²) in [5.41, 5.74) is 0.739. The van der Waals surface area contributed by atoms with Gasteiger partial charge < -0.3 is 15.3 Å². The van der Waals surface area contributed by atoms with Crippen molar-refractivity contribution >= 4 is 17.6 Å². The number of anilines is 1. The quantitative estimate of drug-likeness (QED) is 0.834. The summed E-state index contributed by atoms with van der Waals surface area (Å²) in [5.74, 6) is -3.79. The number of aliphatic hydroxyl groups excluding tert-OH is 1. The average Bonchev–Trinajstić information content (AvgIpc) is 2.84. The van der Waals surface area contributed by atoms with Crippen LogP contribution in [0.2, 0.25) is 0 Å². The van der Waals surface area contributed by atoms with Gasteiger partial charge in [-0.2, -0.15) is 0 Å². The fraction of sp³-hybridized carbons (Fsp3) is 0.176. The minimum atomic E-state index is -1.45. The van der Waals surface area contributed by atoms with E-state index in [4.69, 9.17) is 4.84 Å². The van der Waals surface area contributed by atoms with Crippen molar-refractivity contribution < 1.29 is 23.9 Å². The summed E-state index contributed by atoms with van der Waals surface area (Å²) in [6.07, 6.45) is -1.45. The summed E-state index contributed by atoms with van der Waals surface area (Å²) in [6.45, 7) is 0.136. The molecule has 24 heavy (non-hydrogen) atoms. The van der Waals surface area contributed by atoms with Gasteiger partial charge in [-0.25, -0.2) is 9.18 Å². The highest BCUT2D eigenvalue weighted by Crippen LogP contribution is 2.25. The Hall–Kier alpha value is -2.77. The first-order valence-electron chi connectivity index (χ1n) is 7.32. The maximum absolute atomic E-state index is 13.6. The van der Waals surface area contributed by atoms with Crippen LogP contribution in [0.1, 0.15) is 5.56 Å². The molecule has 0 bridgehead atoms. The lowest BCUT2D eigenvalue weighted by Crippen LogP contribution is -2.38. The van der Waals surface area contributed by atoms with Crippen molar-refractivity contribution in [1.29, 1.82) is 0 Å². The topological polar surface area (TPSA) is 78.9 Å². The summed E-state index contributed by atoms with van der Waals surface area (Å²) >= 11 is 0. The number of rotatable bonds is 4. The predicted molar refractivity (Wildman–Crippen MR) is 82.6 cm³/mol. The molecule has 0 aliphatic carbocycles. The number of para-hydroxylation sites is 1. The minimum Gasteiger partial charge on any atom is -0.374 e. The standard InChI is InChI=1S/C17H15FN2O4/c18-12-8-4-5-9-13(12)19-15(21)14-16(22)20(24-17(14)23)10-11-6-2-1-3-7-11/h1-9,14,16,22H,10H2,(H,19,21). The van der Waals surface area contributed by atoms with Gasteiger partial charge in [-0.05, 0) is 17.7 Å². The fourth-order valence-corrected chi connectivity index (χ4v) is 2.42. The maximum atomic E-state index is 13.6. The molecule has 0 spiro atoms. The summed E-state index contributed by atoms with van der Waals surface area (Å²) in [4.78, 5) is 29.1. The molecule has 1 fully saturated rings. The summed E-state index contributed by atoms with van der Waals surface area (Å²) in [6, 6.07) is 14.6. The molecule has 124 valence electrons. The molecule has 1 heterocycles. The lowest BCUT2D eigenvalue weighted by molar-refractivity contribution is -0.198. The maximum Gasteiger partial charge on any atom is 0.341 e. The van der Waals surface area contributed by atoms with E-state index in [-0.39, 0.29) is 12.2 Å². The van der Waals surface area contributed by atoms with Crippen LogP contribution in [0.5, 0.6) is 0 Å². The Labute approximate surface area is 137 Å². The SMILES string of the molecule is O=C(Nc1ccccc1F)C1C(=O)ON(Cc2ccccc2)C1O. The average molecular weight is 330 g/mol. The highest BCUT2D eigenvalue weighted by Gasteiger charge is 2.47. The van der Waals surface area contributed by atoms with Crippen molar-refractivity contribution in [1.82, 2.24) is 5.06 Å². The summed E-state index contributed by atoms with van der Waals surface area (Å²) in [5, 5.41) is 13.6. The van der Waals surface area contributed by atoms with E-state index in [1.165, 1.54) is 18.2 Å². The van der Waals surface area contributed by atoms with E-state index in [1.54, 1.807) is 18.2 Å². The van der Waals surface area contributed by atoms with Crippen LogP contribution in [0, 0.1) is 11.7 Å². The molecule has 1 amide bonds. The van der Waals surface area contributed by atoms with E-state index in [1.807, 2.05) is 18.2 Å². The van der Waals surface area contributed by atoms with Gasteiger partial charge in [-0.3, -0.25) is 4.79 Å². The number of carbonyl (C=O) groups excluding carboxylic acids is 2.